The second-order valence-electron chi connectivity index (χ2n) is 4.60. The summed E-state index contributed by atoms with van der Waals surface area (Å²) < 4.78 is 25.2. The van der Waals surface area contributed by atoms with Crippen LogP contribution in [0.15, 0.2) is 12.1 Å². The predicted molar refractivity (Wildman–Crippen MR) is 80.1 cm³/mol. The van der Waals surface area contributed by atoms with E-state index in [4.69, 9.17) is 5.73 Å². The van der Waals surface area contributed by atoms with Crippen molar-refractivity contribution in [3.8, 4) is 0 Å². The Hall–Kier alpha value is -1.60. The van der Waals surface area contributed by atoms with Gasteiger partial charge in [-0.2, -0.15) is 0 Å². The van der Waals surface area contributed by atoms with Crippen LogP contribution in [-0.4, -0.2) is 33.2 Å². The summed E-state index contributed by atoms with van der Waals surface area (Å²) in [6.45, 7) is 5.78. The maximum atomic E-state index is 12.0. The number of rotatable bonds is 6. The monoisotopic (exact) mass is 299 g/mol. The Morgan fingerprint density at radius 1 is 1.25 bits per heavy atom. The number of aryl methyl sites for hydroxylation is 2. The van der Waals surface area contributed by atoms with Gasteiger partial charge >= 0.3 is 0 Å². The molecule has 7 heteroatoms. The number of sulfonamides is 1. The van der Waals surface area contributed by atoms with Gasteiger partial charge in [0, 0.05) is 24.3 Å². The molecule has 0 spiro atoms. The fraction of sp³-hybridized carbons (Fsp3) is 0.462. The number of amides is 1. The number of hydrogen-bond donors (Lipinski definition) is 3. The lowest BCUT2D eigenvalue weighted by atomic mass is 10.0. The van der Waals surface area contributed by atoms with E-state index in [0.717, 1.165) is 11.1 Å². The van der Waals surface area contributed by atoms with E-state index in [1.807, 2.05) is 19.9 Å². The average Bonchev–Trinajstić information content (AvgIpc) is 2.33. The highest BCUT2D eigenvalue weighted by atomic mass is 32.2. The van der Waals surface area contributed by atoms with Crippen molar-refractivity contribution in [3.63, 3.8) is 0 Å². The van der Waals surface area contributed by atoms with Crippen LogP contribution in [0.25, 0.3) is 0 Å². The number of nitrogen functional groups attached to an aromatic ring is 1. The van der Waals surface area contributed by atoms with Crippen LogP contribution in [0.2, 0.25) is 0 Å². The minimum absolute atomic E-state index is 0.0569. The average molecular weight is 299 g/mol. The first kappa shape index (κ1) is 16.5. The highest BCUT2D eigenvalue weighted by Crippen LogP contribution is 2.17. The molecule has 0 bridgehead atoms. The molecule has 0 aromatic heterocycles. The Morgan fingerprint density at radius 2 is 1.90 bits per heavy atom. The molecule has 0 aliphatic carbocycles. The molecule has 4 N–H and O–H groups in total. The molecular weight excluding hydrogens is 278 g/mol. The quantitative estimate of drug-likeness (QED) is 0.668. The zero-order valence-electron chi connectivity index (χ0n) is 12.0. The van der Waals surface area contributed by atoms with Crippen molar-refractivity contribution in [2.24, 2.45) is 0 Å². The van der Waals surface area contributed by atoms with Crippen molar-refractivity contribution >= 4 is 21.6 Å². The van der Waals surface area contributed by atoms with Crippen LogP contribution in [-0.2, 0) is 10.0 Å². The molecule has 112 valence electrons. The van der Waals surface area contributed by atoms with Gasteiger partial charge in [-0.3, -0.25) is 4.79 Å². The van der Waals surface area contributed by atoms with Gasteiger partial charge < -0.3 is 11.1 Å². The lowest BCUT2D eigenvalue weighted by molar-refractivity contribution is 0.0955. The number of hydrogen-bond acceptors (Lipinski definition) is 4. The number of carbonyl (C=O) groups is 1. The largest absolute Gasteiger partial charge is 0.398 e. The molecule has 0 aliphatic rings. The third-order valence-electron chi connectivity index (χ3n) is 2.88. The maximum Gasteiger partial charge on any atom is 0.251 e. The highest BCUT2D eigenvalue weighted by molar-refractivity contribution is 7.89. The minimum Gasteiger partial charge on any atom is -0.398 e. The van der Waals surface area contributed by atoms with E-state index in [-0.39, 0.29) is 18.2 Å². The third kappa shape index (κ3) is 4.50. The molecular formula is C13H21N3O3S. The first-order chi connectivity index (χ1) is 9.26. The zero-order valence-corrected chi connectivity index (χ0v) is 12.8. The normalized spacial score (nSPS) is 11.3. The van der Waals surface area contributed by atoms with Crippen LogP contribution in [0.4, 0.5) is 5.69 Å². The number of nitrogens with one attached hydrogen (secondary N) is 2. The van der Waals surface area contributed by atoms with Crippen molar-refractivity contribution in [2.45, 2.75) is 20.8 Å². The maximum absolute atomic E-state index is 12.0. The van der Waals surface area contributed by atoms with Crippen molar-refractivity contribution in [3.05, 3.63) is 28.8 Å². The molecule has 1 aromatic carbocycles. The van der Waals surface area contributed by atoms with Crippen LogP contribution in [0.3, 0.4) is 0 Å². The van der Waals surface area contributed by atoms with Gasteiger partial charge in [0.2, 0.25) is 10.0 Å². The molecule has 20 heavy (non-hydrogen) atoms. The summed E-state index contributed by atoms with van der Waals surface area (Å²) in [5, 5.41) is 2.59. The van der Waals surface area contributed by atoms with Crippen molar-refractivity contribution < 1.29 is 13.2 Å². The van der Waals surface area contributed by atoms with Gasteiger partial charge in [0.15, 0.2) is 0 Å². The van der Waals surface area contributed by atoms with Gasteiger partial charge in [0.25, 0.3) is 5.91 Å². The Bertz CT molecular complexity index is 597. The lowest BCUT2D eigenvalue weighted by Gasteiger charge is -2.10. The zero-order chi connectivity index (χ0) is 15.3. The molecule has 0 heterocycles. The minimum atomic E-state index is -3.32. The van der Waals surface area contributed by atoms with E-state index in [2.05, 4.69) is 10.0 Å². The van der Waals surface area contributed by atoms with Crippen LogP contribution in [0.1, 0.15) is 28.4 Å². The van der Waals surface area contributed by atoms with Gasteiger partial charge in [-0.05, 0) is 31.0 Å². The smallest absolute Gasteiger partial charge is 0.251 e. The Morgan fingerprint density at radius 3 is 2.50 bits per heavy atom. The van der Waals surface area contributed by atoms with Gasteiger partial charge in [0.1, 0.15) is 0 Å². The van der Waals surface area contributed by atoms with Crippen molar-refractivity contribution in [1.29, 1.82) is 0 Å². The van der Waals surface area contributed by atoms with E-state index < -0.39 is 10.0 Å². The van der Waals surface area contributed by atoms with Crippen LogP contribution < -0.4 is 15.8 Å². The second-order valence-corrected chi connectivity index (χ2v) is 6.52. The van der Waals surface area contributed by atoms with Crippen LogP contribution >= 0.6 is 0 Å². The molecule has 0 unspecified atom stereocenters. The van der Waals surface area contributed by atoms with Crippen LogP contribution in [0.5, 0.6) is 0 Å². The van der Waals surface area contributed by atoms with E-state index in [0.29, 0.717) is 17.8 Å². The number of benzene rings is 1. The highest BCUT2D eigenvalue weighted by Gasteiger charge is 2.13. The van der Waals surface area contributed by atoms with E-state index in [1.165, 1.54) is 0 Å². The van der Waals surface area contributed by atoms with Gasteiger partial charge in [-0.25, -0.2) is 13.1 Å². The molecule has 0 aliphatic heterocycles. The standard InChI is InChI=1S/C13H21N3O3S/c1-4-16-20(18,19)6-5-15-13(17)11-8-12(14)10(3)7-9(11)2/h7-8,16H,4-6,14H2,1-3H3,(H,15,17). The summed E-state index contributed by atoms with van der Waals surface area (Å²) in [5.41, 5.74) is 8.51. The molecule has 0 radical (unpaired) electrons. The number of anilines is 1. The summed E-state index contributed by atoms with van der Waals surface area (Å²) in [4.78, 5) is 12.0. The van der Waals surface area contributed by atoms with Gasteiger partial charge in [-0.1, -0.05) is 13.0 Å². The first-order valence-corrected chi connectivity index (χ1v) is 8.04. The van der Waals surface area contributed by atoms with E-state index in [1.54, 1.807) is 13.0 Å². The molecule has 0 fully saturated rings. The number of carbonyl (C=O) groups excluding carboxylic acids is 1. The fourth-order valence-electron chi connectivity index (χ4n) is 1.80. The molecule has 1 rings (SSSR count). The lowest BCUT2D eigenvalue weighted by Crippen LogP contribution is -2.34. The summed E-state index contributed by atoms with van der Waals surface area (Å²) in [5.74, 6) is -0.464. The molecule has 6 nitrogen and oxygen atoms in total. The molecule has 0 saturated heterocycles. The van der Waals surface area contributed by atoms with Crippen molar-refractivity contribution in [2.75, 3.05) is 24.6 Å². The number of nitrogens with two attached hydrogens (primary N) is 1. The summed E-state index contributed by atoms with van der Waals surface area (Å²) in [7, 11) is -3.32. The second kappa shape index (κ2) is 6.71. The Balaban J connectivity index is 2.67. The van der Waals surface area contributed by atoms with E-state index in [9.17, 15) is 13.2 Å². The third-order valence-corrected chi connectivity index (χ3v) is 4.35. The summed E-state index contributed by atoms with van der Waals surface area (Å²) in [6, 6.07) is 3.44. The fourth-order valence-corrected chi connectivity index (χ4v) is 2.75. The van der Waals surface area contributed by atoms with Crippen molar-refractivity contribution in [1.82, 2.24) is 10.0 Å². The molecule has 1 aromatic rings. The predicted octanol–water partition coefficient (Wildman–Crippen LogP) is 0.555. The van der Waals surface area contributed by atoms with Gasteiger partial charge in [0.05, 0.1) is 5.75 Å². The molecule has 0 saturated carbocycles. The Kier molecular flexibility index (Phi) is 5.52. The first-order valence-electron chi connectivity index (χ1n) is 6.39. The van der Waals surface area contributed by atoms with Crippen LogP contribution in [0, 0.1) is 13.8 Å². The topological polar surface area (TPSA) is 101 Å². The van der Waals surface area contributed by atoms with E-state index >= 15 is 0 Å². The molecule has 1 amide bonds. The summed E-state index contributed by atoms with van der Waals surface area (Å²) >= 11 is 0. The van der Waals surface area contributed by atoms with Gasteiger partial charge in [-0.15, -0.1) is 0 Å². The molecule has 0 atom stereocenters. The SMILES string of the molecule is CCNS(=O)(=O)CCNC(=O)c1cc(N)c(C)cc1C. The summed E-state index contributed by atoms with van der Waals surface area (Å²) in [6.07, 6.45) is 0. The Labute approximate surface area is 119 Å².